The average Bonchev–Trinajstić information content (AvgIpc) is 2.68. The van der Waals surface area contributed by atoms with Crippen LogP contribution in [-0.4, -0.2) is 53.6 Å². The highest BCUT2D eigenvalue weighted by molar-refractivity contribution is 9.10. The SMILES string of the molecule is CN(CC(=O)O)C1CCN(Cc2cc(Br)c(Cl)s2)CC1. The molecule has 0 aliphatic carbocycles. The summed E-state index contributed by atoms with van der Waals surface area (Å²) in [5, 5.41) is 8.82. The molecule has 0 saturated carbocycles. The predicted molar refractivity (Wildman–Crippen MR) is 85.6 cm³/mol. The lowest BCUT2D eigenvalue weighted by atomic mass is 10.0. The third-order valence-corrected chi connectivity index (χ3v) is 6.10. The topological polar surface area (TPSA) is 43.8 Å². The molecule has 1 aromatic heterocycles. The van der Waals surface area contributed by atoms with Crippen LogP contribution in [0.3, 0.4) is 0 Å². The molecule has 0 radical (unpaired) electrons. The van der Waals surface area contributed by atoms with Crippen LogP contribution >= 0.6 is 38.9 Å². The number of hydrogen-bond acceptors (Lipinski definition) is 4. The Labute approximate surface area is 136 Å². The highest BCUT2D eigenvalue weighted by Crippen LogP contribution is 2.33. The van der Waals surface area contributed by atoms with Crippen LogP contribution in [0.2, 0.25) is 4.34 Å². The molecule has 1 aliphatic rings. The molecule has 0 atom stereocenters. The van der Waals surface area contributed by atoms with Crippen molar-refractivity contribution in [2.24, 2.45) is 0 Å². The van der Waals surface area contributed by atoms with E-state index in [-0.39, 0.29) is 6.54 Å². The molecule has 0 amide bonds. The summed E-state index contributed by atoms with van der Waals surface area (Å²) < 4.78 is 1.77. The van der Waals surface area contributed by atoms with Crippen molar-refractivity contribution in [2.45, 2.75) is 25.4 Å². The fourth-order valence-electron chi connectivity index (χ4n) is 2.55. The number of halogens is 2. The lowest BCUT2D eigenvalue weighted by molar-refractivity contribution is -0.138. The van der Waals surface area contributed by atoms with Crippen molar-refractivity contribution in [3.8, 4) is 0 Å². The molecule has 0 aromatic carbocycles. The third-order valence-electron chi connectivity index (χ3n) is 3.64. The summed E-state index contributed by atoms with van der Waals surface area (Å²) in [6.45, 7) is 3.05. The van der Waals surface area contributed by atoms with Gasteiger partial charge in [0.25, 0.3) is 0 Å². The number of nitrogens with zero attached hydrogens (tertiary/aromatic N) is 2. The number of piperidine rings is 1. The van der Waals surface area contributed by atoms with Gasteiger partial charge in [0, 0.05) is 35.0 Å². The van der Waals surface area contributed by atoms with Crippen molar-refractivity contribution < 1.29 is 9.90 Å². The van der Waals surface area contributed by atoms with Crippen molar-refractivity contribution in [2.75, 3.05) is 26.7 Å². The van der Waals surface area contributed by atoms with E-state index >= 15 is 0 Å². The highest BCUT2D eigenvalue weighted by Gasteiger charge is 2.23. The molecule has 1 fully saturated rings. The Balaban J connectivity index is 1.80. The number of likely N-dealkylation sites (tertiary alicyclic amines) is 1. The van der Waals surface area contributed by atoms with E-state index in [9.17, 15) is 4.79 Å². The molecule has 0 bridgehead atoms. The molecule has 7 heteroatoms. The second-order valence-corrected chi connectivity index (χ2v) is 7.74. The van der Waals surface area contributed by atoms with E-state index in [1.165, 1.54) is 4.88 Å². The molecule has 4 nitrogen and oxygen atoms in total. The molecule has 1 saturated heterocycles. The maximum atomic E-state index is 10.7. The zero-order valence-corrected chi connectivity index (χ0v) is 14.5. The zero-order valence-electron chi connectivity index (χ0n) is 11.3. The third kappa shape index (κ3) is 4.43. The van der Waals surface area contributed by atoms with Gasteiger partial charge in [-0.05, 0) is 41.9 Å². The summed E-state index contributed by atoms with van der Waals surface area (Å²) >= 11 is 11.1. The van der Waals surface area contributed by atoms with Crippen molar-refractivity contribution in [1.82, 2.24) is 9.80 Å². The maximum Gasteiger partial charge on any atom is 0.317 e. The van der Waals surface area contributed by atoms with Gasteiger partial charge < -0.3 is 5.11 Å². The van der Waals surface area contributed by atoms with E-state index in [4.69, 9.17) is 16.7 Å². The van der Waals surface area contributed by atoms with Crippen molar-refractivity contribution in [3.63, 3.8) is 0 Å². The predicted octanol–water partition coefficient (Wildman–Crippen LogP) is 3.14. The smallest absolute Gasteiger partial charge is 0.317 e. The summed E-state index contributed by atoms with van der Waals surface area (Å²) in [5.41, 5.74) is 0. The fraction of sp³-hybridized carbons (Fsp3) is 0.615. The summed E-state index contributed by atoms with van der Waals surface area (Å²) in [6.07, 6.45) is 2.04. The van der Waals surface area contributed by atoms with Crippen LogP contribution < -0.4 is 0 Å². The molecule has 1 aliphatic heterocycles. The van der Waals surface area contributed by atoms with Gasteiger partial charge in [-0.3, -0.25) is 14.6 Å². The molecule has 2 rings (SSSR count). The van der Waals surface area contributed by atoms with E-state index in [0.717, 1.165) is 41.3 Å². The van der Waals surface area contributed by atoms with Crippen LogP contribution in [0.4, 0.5) is 0 Å². The lowest BCUT2D eigenvalue weighted by Crippen LogP contribution is -2.44. The largest absolute Gasteiger partial charge is 0.480 e. The van der Waals surface area contributed by atoms with Gasteiger partial charge in [0.1, 0.15) is 4.34 Å². The van der Waals surface area contributed by atoms with E-state index in [1.807, 2.05) is 11.9 Å². The number of aliphatic carboxylic acids is 1. The molecule has 0 unspecified atom stereocenters. The first-order chi connectivity index (χ1) is 9.45. The van der Waals surface area contributed by atoms with E-state index < -0.39 is 5.97 Å². The van der Waals surface area contributed by atoms with Gasteiger partial charge >= 0.3 is 5.97 Å². The van der Waals surface area contributed by atoms with Crippen LogP contribution in [-0.2, 0) is 11.3 Å². The number of rotatable bonds is 5. The Hall–Kier alpha value is -0.140. The first-order valence-electron chi connectivity index (χ1n) is 6.54. The number of likely N-dealkylation sites (N-methyl/N-ethyl adjacent to an activating group) is 1. The van der Waals surface area contributed by atoms with Crippen LogP contribution in [0.5, 0.6) is 0 Å². The van der Waals surface area contributed by atoms with E-state index in [2.05, 4.69) is 26.9 Å². The van der Waals surface area contributed by atoms with Crippen LogP contribution in [0, 0.1) is 0 Å². The minimum Gasteiger partial charge on any atom is -0.480 e. The van der Waals surface area contributed by atoms with Gasteiger partial charge in [0.2, 0.25) is 0 Å². The molecular formula is C13H18BrClN2O2S. The van der Waals surface area contributed by atoms with Crippen LogP contribution in [0.15, 0.2) is 10.5 Å². The van der Waals surface area contributed by atoms with Crippen molar-refractivity contribution in [1.29, 1.82) is 0 Å². The second-order valence-electron chi connectivity index (χ2n) is 5.15. The molecule has 0 spiro atoms. The quantitative estimate of drug-likeness (QED) is 0.851. The maximum absolute atomic E-state index is 10.7. The van der Waals surface area contributed by atoms with Gasteiger partial charge in [-0.2, -0.15) is 0 Å². The molecule has 1 N–H and O–H groups in total. The highest BCUT2D eigenvalue weighted by atomic mass is 79.9. The Morgan fingerprint density at radius 2 is 2.25 bits per heavy atom. The Kier molecular flexibility index (Phi) is 5.86. The Bertz CT molecular complexity index is 455. The van der Waals surface area contributed by atoms with E-state index in [1.54, 1.807) is 11.3 Å². The molecule has 112 valence electrons. The summed E-state index contributed by atoms with van der Waals surface area (Å²) in [6, 6.07) is 2.45. The summed E-state index contributed by atoms with van der Waals surface area (Å²) in [4.78, 5) is 16.3. The van der Waals surface area contributed by atoms with E-state index in [0.29, 0.717) is 6.04 Å². The average molecular weight is 382 g/mol. The monoisotopic (exact) mass is 380 g/mol. The van der Waals surface area contributed by atoms with Crippen molar-refractivity contribution >= 4 is 44.8 Å². The van der Waals surface area contributed by atoms with Crippen LogP contribution in [0.1, 0.15) is 17.7 Å². The Morgan fingerprint density at radius 3 is 2.75 bits per heavy atom. The number of carboxylic acids is 1. The van der Waals surface area contributed by atoms with Crippen molar-refractivity contribution in [3.05, 3.63) is 19.8 Å². The summed E-state index contributed by atoms with van der Waals surface area (Å²) in [5.74, 6) is -0.756. The zero-order chi connectivity index (χ0) is 14.7. The number of carboxylic acid groups (broad SMARTS) is 1. The summed E-state index contributed by atoms with van der Waals surface area (Å²) in [7, 11) is 1.89. The number of thiophene rings is 1. The fourth-order valence-corrected chi connectivity index (χ4v) is 4.38. The molecule has 20 heavy (non-hydrogen) atoms. The normalized spacial score (nSPS) is 17.8. The minimum atomic E-state index is -0.756. The number of hydrogen-bond donors (Lipinski definition) is 1. The lowest BCUT2D eigenvalue weighted by Gasteiger charge is -2.35. The standard InChI is InChI=1S/C13H18BrClN2O2S/c1-16(8-12(18)19)9-2-4-17(5-3-9)7-10-6-11(14)13(15)20-10/h6,9H,2-5,7-8H2,1H3,(H,18,19). The van der Waals surface area contributed by atoms with Gasteiger partial charge in [0.05, 0.1) is 6.54 Å². The minimum absolute atomic E-state index is 0.123. The second kappa shape index (κ2) is 7.22. The number of carbonyl (C=O) groups is 1. The van der Waals surface area contributed by atoms with Gasteiger partial charge in [-0.25, -0.2) is 0 Å². The van der Waals surface area contributed by atoms with Gasteiger partial charge in [-0.1, -0.05) is 11.6 Å². The Morgan fingerprint density at radius 1 is 1.60 bits per heavy atom. The molecule has 1 aromatic rings. The molecule has 2 heterocycles. The first-order valence-corrected chi connectivity index (χ1v) is 8.52. The first kappa shape index (κ1) is 16.2. The van der Waals surface area contributed by atoms with Gasteiger partial charge in [-0.15, -0.1) is 11.3 Å². The van der Waals surface area contributed by atoms with Crippen LogP contribution in [0.25, 0.3) is 0 Å². The van der Waals surface area contributed by atoms with Gasteiger partial charge in [0.15, 0.2) is 0 Å². The molecular weight excluding hydrogens is 364 g/mol.